The zero-order valence-electron chi connectivity index (χ0n) is 16.0. The smallest absolute Gasteiger partial charge is 0.343 e. The normalized spacial score (nSPS) is 10.0. The van der Waals surface area contributed by atoms with Crippen molar-refractivity contribution >= 4 is 23.9 Å². The highest BCUT2D eigenvalue weighted by Gasteiger charge is 2.23. The van der Waals surface area contributed by atoms with E-state index in [1.165, 1.54) is 33.5 Å². The fourth-order valence-electron chi connectivity index (χ4n) is 2.56. The molecule has 0 unspecified atom stereocenters. The van der Waals surface area contributed by atoms with Gasteiger partial charge in [0.2, 0.25) is 0 Å². The summed E-state index contributed by atoms with van der Waals surface area (Å²) in [4.78, 5) is 36.0. The Morgan fingerprint density at radius 2 is 1.68 bits per heavy atom. The quantitative estimate of drug-likeness (QED) is 0.549. The van der Waals surface area contributed by atoms with Crippen molar-refractivity contribution in [3.63, 3.8) is 0 Å². The number of benzene rings is 2. The number of ether oxygens (including phenoxy) is 4. The van der Waals surface area contributed by atoms with Gasteiger partial charge in [-0.3, -0.25) is 9.59 Å². The number of carbonyl (C=O) groups excluding carboxylic acids is 3. The zero-order chi connectivity index (χ0) is 20.7. The minimum atomic E-state index is -0.885. The first-order valence-corrected chi connectivity index (χ1v) is 8.26. The highest BCUT2D eigenvalue weighted by Crippen LogP contribution is 2.33. The molecule has 2 aromatic rings. The van der Waals surface area contributed by atoms with Gasteiger partial charge in [0.15, 0.2) is 24.4 Å². The van der Waals surface area contributed by atoms with Gasteiger partial charge in [-0.1, -0.05) is 6.07 Å². The standard InChI is InChI=1S/C20H21NO7/c1-12-5-7-15(25-2)14(9-12)21-17(23)11-28-20(24)18-13(10-22)6-8-16(26-3)19(18)27-4/h5-10H,11H2,1-4H3,(H,21,23). The second kappa shape index (κ2) is 9.40. The Balaban J connectivity index is 2.15. The molecule has 0 spiro atoms. The number of methoxy groups -OCH3 is 3. The van der Waals surface area contributed by atoms with Crippen LogP contribution < -0.4 is 19.5 Å². The third-order valence-corrected chi connectivity index (χ3v) is 3.87. The molecular weight excluding hydrogens is 366 g/mol. The first-order chi connectivity index (χ1) is 13.4. The summed E-state index contributed by atoms with van der Waals surface area (Å²) in [7, 11) is 4.21. The summed E-state index contributed by atoms with van der Waals surface area (Å²) in [6.45, 7) is 1.31. The van der Waals surface area contributed by atoms with Gasteiger partial charge in [0, 0.05) is 5.56 Å². The Labute approximate surface area is 162 Å². The van der Waals surface area contributed by atoms with Crippen LogP contribution in [0.4, 0.5) is 5.69 Å². The molecule has 8 nitrogen and oxygen atoms in total. The predicted octanol–water partition coefficient (Wildman–Crippen LogP) is 2.63. The number of anilines is 1. The van der Waals surface area contributed by atoms with Gasteiger partial charge in [0.25, 0.3) is 5.91 Å². The van der Waals surface area contributed by atoms with E-state index >= 15 is 0 Å². The van der Waals surface area contributed by atoms with E-state index in [1.54, 1.807) is 12.1 Å². The SMILES string of the molecule is COc1ccc(C)cc1NC(=O)COC(=O)c1c(C=O)ccc(OC)c1OC. The number of hydrogen-bond donors (Lipinski definition) is 1. The van der Waals surface area contributed by atoms with Crippen molar-refractivity contribution in [3.05, 3.63) is 47.0 Å². The summed E-state index contributed by atoms with van der Waals surface area (Å²) in [5, 5.41) is 2.62. The Kier molecular flexibility index (Phi) is 6.97. The van der Waals surface area contributed by atoms with Gasteiger partial charge >= 0.3 is 5.97 Å². The Hall–Kier alpha value is -3.55. The lowest BCUT2D eigenvalue weighted by molar-refractivity contribution is -0.119. The van der Waals surface area contributed by atoms with Gasteiger partial charge in [-0.2, -0.15) is 0 Å². The molecule has 148 valence electrons. The molecule has 0 atom stereocenters. The molecule has 0 radical (unpaired) electrons. The van der Waals surface area contributed by atoms with Crippen LogP contribution in [0.2, 0.25) is 0 Å². The third kappa shape index (κ3) is 4.59. The highest BCUT2D eigenvalue weighted by molar-refractivity contribution is 6.03. The maximum Gasteiger partial charge on any atom is 0.343 e. The molecule has 28 heavy (non-hydrogen) atoms. The molecule has 0 heterocycles. The van der Waals surface area contributed by atoms with Crippen LogP contribution in [-0.4, -0.2) is 46.1 Å². The van der Waals surface area contributed by atoms with Crippen molar-refractivity contribution in [2.75, 3.05) is 33.3 Å². The number of carbonyl (C=O) groups is 3. The van der Waals surface area contributed by atoms with Crippen molar-refractivity contribution in [3.8, 4) is 17.2 Å². The topological polar surface area (TPSA) is 100 Å². The van der Waals surface area contributed by atoms with Crippen LogP contribution in [0, 0.1) is 6.92 Å². The fraction of sp³-hybridized carbons (Fsp3) is 0.250. The first kappa shape index (κ1) is 20.8. The molecular formula is C20H21NO7. The van der Waals surface area contributed by atoms with Crippen LogP contribution in [0.1, 0.15) is 26.3 Å². The molecule has 0 saturated carbocycles. The van der Waals surface area contributed by atoms with Crippen molar-refractivity contribution in [2.24, 2.45) is 0 Å². The molecule has 1 N–H and O–H groups in total. The number of esters is 1. The molecule has 0 saturated heterocycles. The highest BCUT2D eigenvalue weighted by atomic mass is 16.5. The largest absolute Gasteiger partial charge is 0.495 e. The second-order valence-electron chi connectivity index (χ2n) is 5.71. The molecule has 0 fully saturated rings. The minimum absolute atomic E-state index is 0.0536. The molecule has 2 aromatic carbocycles. The third-order valence-electron chi connectivity index (χ3n) is 3.87. The Morgan fingerprint density at radius 1 is 1.00 bits per heavy atom. The zero-order valence-corrected chi connectivity index (χ0v) is 16.0. The minimum Gasteiger partial charge on any atom is -0.495 e. The summed E-state index contributed by atoms with van der Waals surface area (Å²) >= 11 is 0. The van der Waals surface area contributed by atoms with Gasteiger partial charge in [-0.05, 0) is 36.8 Å². The summed E-state index contributed by atoms with van der Waals surface area (Å²) < 4.78 is 20.6. The molecule has 0 aromatic heterocycles. The molecule has 1 amide bonds. The summed E-state index contributed by atoms with van der Waals surface area (Å²) in [5.74, 6) is -0.661. The van der Waals surface area contributed by atoms with Gasteiger partial charge in [0.1, 0.15) is 11.3 Å². The van der Waals surface area contributed by atoms with E-state index in [4.69, 9.17) is 18.9 Å². The van der Waals surface area contributed by atoms with Crippen LogP contribution in [0.25, 0.3) is 0 Å². The lowest BCUT2D eigenvalue weighted by Gasteiger charge is -2.14. The van der Waals surface area contributed by atoms with Gasteiger partial charge < -0.3 is 24.3 Å². The average molecular weight is 387 g/mol. The van der Waals surface area contributed by atoms with Crippen molar-refractivity contribution in [1.29, 1.82) is 0 Å². The number of nitrogens with one attached hydrogen (secondary N) is 1. The maximum absolute atomic E-state index is 12.5. The maximum atomic E-state index is 12.5. The van der Waals surface area contributed by atoms with Gasteiger partial charge in [-0.15, -0.1) is 0 Å². The van der Waals surface area contributed by atoms with E-state index in [9.17, 15) is 14.4 Å². The summed E-state index contributed by atoms with van der Waals surface area (Å²) in [6, 6.07) is 8.19. The molecule has 0 bridgehead atoms. The van der Waals surface area contributed by atoms with E-state index in [2.05, 4.69) is 5.32 Å². The lowest BCUT2D eigenvalue weighted by atomic mass is 10.1. The number of amides is 1. The molecule has 0 aliphatic rings. The van der Waals surface area contributed by atoms with Crippen LogP contribution in [0.3, 0.4) is 0 Å². The number of rotatable bonds is 8. The summed E-state index contributed by atoms with van der Waals surface area (Å²) in [5.41, 5.74) is 1.32. The Bertz CT molecular complexity index is 892. The Morgan fingerprint density at radius 3 is 2.29 bits per heavy atom. The van der Waals surface area contributed by atoms with Crippen molar-refractivity contribution in [1.82, 2.24) is 0 Å². The van der Waals surface area contributed by atoms with Gasteiger partial charge in [0.05, 0.1) is 27.0 Å². The number of aldehydes is 1. The monoisotopic (exact) mass is 387 g/mol. The van der Waals surface area contributed by atoms with E-state index in [1.807, 2.05) is 13.0 Å². The van der Waals surface area contributed by atoms with Crippen molar-refractivity contribution < 1.29 is 33.3 Å². The fourth-order valence-corrected chi connectivity index (χ4v) is 2.56. The summed E-state index contributed by atoms with van der Waals surface area (Å²) in [6.07, 6.45) is 0.496. The lowest BCUT2D eigenvalue weighted by Crippen LogP contribution is -2.22. The van der Waals surface area contributed by atoms with E-state index in [0.717, 1.165) is 5.56 Å². The van der Waals surface area contributed by atoms with Gasteiger partial charge in [-0.25, -0.2) is 4.79 Å². The second-order valence-corrected chi connectivity index (χ2v) is 5.71. The van der Waals surface area contributed by atoms with Crippen LogP contribution >= 0.6 is 0 Å². The number of hydrogen-bond acceptors (Lipinski definition) is 7. The van der Waals surface area contributed by atoms with Crippen LogP contribution in [-0.2, 0) is 9.53 Å². The molecule has 8 heteroatoms. The average Bonchev–Trinajstić information content (AvgIpc) is 2.70. The van der Waals surface area contributed by atoms with Crippen LogP contribution in [0.5, 0.6) is 17.2 Å². The van der Waals surface area contributed by atoms with E-state index in [0.29, 0.717) is 17.7 Å². The predicted molar refractivity (Wildman–Crippen MR) is 102 cm³/mol. The van der Waals surface area contributed by atoms with Crippen molar-refractivity contribution in [2.45, 2.75) is 6.92 Å². The van der Waals surface area contributed by atoms with E-state index in [-0.39, 0.29) is 22.6 Å². The molecule has 2 rings (SSSR count). The van der Waals surface area contributed by atoms with Crippen LogP contribution in [0.15, 0.2) is 30.3 Å². The molecule has 0 aliphatic carbocycles. The molecule has 0 aliphatic heterocycles. The number of aryl methyl sites for hydroxylation is 1. The first-order valence-electron chi connectivity index (χ1n) is 8.26. The van der Waals surface area contributed by atoms with E-state index < -0.39 is 18.5 Å².